The maximum absolute atomic E-state index is 12.1. The number of ketones is 1. The number of para-hydroxylation sites is 1. The predicted octanol–water partition coefficient (Wildman–Crippen LogP) is 3.32. The fourth-order valence-corrected chi connectivity index (χ4v) is 2.38. The van der Waals surface area contributed by atoms with Gasteiger partial charge in [-0.15, -0.1) is 0 Å². The minimum Gasteiger partial charge on any atom is -0.484 e. The molecule has 1 aliphatic heterocycles. The maximum Gasteiger partial charge on any atom is 0.308 e. The molecule has 0 aliphatic carbocycles. The molecule has 1 atom stereocenters. The number of esters is 1. The Balaban J connectivity index is 1.82. The number of fused-ring (bicyclic) bond motifs is 1. The van der Waals surface area contributed by atoms with Crippen molar-refractivity contribution in [3.63, 3.8) is 0 Å². The summed E-state index contributed by atoms with van der Waals surface area (Å²) in [6.07, 6.45) is 0.00276. The van der Waals surface area contributed by atoms with E-state index in [4.69, 9.17) is 9.47 Å². The molecule has 2 aromatic rings. The Morgan fingerprint density at radius 3 is 2.57 bits per heavy atom. The van der Waals surface area contributed by atoms with Crippen LogP contribution in [0.2, 0.25) is 0 Å². The van der Waals surface area contributed by atoms with Crippen molar-refractivity contribution in [3.8, 4) is 11.5 Å². The molecule has 0 bridgehead atoms. The van der Waals surface area contributed by atoms with Gasteiger partial charge in [0.2, 0.25) is 0 Å². The summed E-state index contributed by atoms with van der Waals surface area (Å²) in [4.78, 5) is 23.0. The lowest BCUT2D eigenvalue weighted by Crippen LogP contribution is -2.20. The monoisotopic (exact) mass is 282 g/mol. The molecular formula is C17H14O4. The summed E-state index contributed by atoms with van der Waals surface area (Å²) in [5.74, 6) is 0.809. The number of benzene rings is 2. The number of ether oxygens (including phenoxy) is 2. The van der Waals surface area contributed by atoms with E-state index in [0.717, 1.165) is 5.56 Å². The topological polar surface area (TPSA) is 52.6 Å². The van der Waals surface area contributed by atoms with Gasteiger partial charge in [-0.05, 0) is 29.8 Å². The van der Waals surface area contributed by atoms with E-state index in [0.29, 0.717) is 23.5 Å². The fraction of sp³-hybridized carbons (Fsp3) is 0.176. The smallest absolute Gasteiger partial charge is 0.308 e. The molecule has 0 saturated heterocycles. The molecule has 1 unspecified atom stereocenters. The normalized spacial score (nSPS) is 16.8. The standard InChI is InChI=1S/C17H14O4/c1-11(18)20-13-8-6-12(7-9-13)17-10-15(19)14-4-2-3-5-16(14)21-17/h2-9,17H,10H2,1H3. The molecule has 0 N–H and O–H groups in total. The zero-order chi connectivity index (χ0) is 14.8. The summed E-state index contributed by atoms with van der Waals surface area (Å²) < 4.78 is 10.9. The van der Waals surface area contributed by atoms with Crippen molar-refractivity contribution in [1.82, 2.24) is 0 Å². The molecule has 21 heavy (non-hydrogen) atoms. The number of carbonyl (C=O) groups is 2. The maximum atomic E-state index is 12.1. The lowest BCUT2D eigenvalue weighted by atomic mass is 9.96. The summed E-state index contributed by atoms with van der Waals surface area (Å²) in [5.41, 5.74) is 1.51. The van der Waals surface area contributed by atoms with Crippen molar-refractivity contribution < 1.29 is 19.1 Å². The van der Waals surface area contributed by atoms with E-state index in [2.05, 4.69) is 0 Å². The van der Waals surface area contributed by atoms with Crippen LogP contribution in [0.3, 0.4) is 0 Å². The van der Waals surface area contributed by atoms with Gasteiger partial charge >= 0.3 is 5.97 Å². The van der Waals surface area contributed by atoms with E-state index in [9.17, 15) is 9.59 Å². The highest BCUT2D eigenvalue weighted by molar-refractivity contribution is 5.99. The highest BCUT2D eigenvalue weighted by atomic mass is 16.5. The summed E-state index contributed by atoms with van der Waals surface area (Å²) in [7, 11) is 0. The van der Waals surface area contributed by atoms with Gasteiger partial charge in [-0.25, -0.2) is 0 Å². The van der Waals surface area contributed by atoms with Crippen LogP contribution in [0.5, 0.6) is 11.5 Å². The van der Waals surface area contributed by atoms with Crippen molar-refractivity contribution in [3.05, 3.63) is 59.7 Å². The molecule has 0 aromatic heterocycles. The van der Waals surface area contributed by atoms with Gasteiger partial charge in [0.25, 0.3) is 0 Å². The molecule has 2 aromatic carbocycles. The average molecular weight is 282 g/mol. The Bertz CT molecular complexity index is 688. The van der Waals surface area contributed by atoms with Crippen LogP contribution in [0.25, 0.3) is 0 Å². The molecule has 3 rings (SSSR count). The first kappa shape index (κ1) is 13.4. The zero-order valence-corrected chi connectivity index (χ0v) is 11.5. The number of hydrogen-bond acceptors (Lipinski definition) is 4. The summed E-state index contributed by atoms with van der Waals surface area (Å²) in [6, 6.07) is 14.3. The Morgan fingerprint density at radius 2 is 1.86 bits per heavy atom. The second kappa shape index (κ2) is 5.40. The van der Waals surface area contributed by atoms with Gasteiger partial charge in [0.05, 0.1) is 12.0 Å². The van der Waals surface area contributed by atoms with Crippen LogP contribution >= 0.6 is 0 Å². The number of rotatable bonds is 2. The molecule has 0 spiro atoms. The van der Waals surface area contributed by atoms with Crippen LogP contribution in [0.4, 0.5) is 0 Å². The van der Waals surface area contributed by atoms with Gasteiger partial charge in [-0.1, -0.05) is 24.3 Å². The summed E-state index contributed by atoms with van der Waals surface area (Å²) >= 11 is 0. The second-order valence-electron chi connectivity index (χ2n) is 4.89. The predicted molar refractivity (Wildman–Crippen MR) is 76.5 cm³/mol. The van der Waals surface area contributed by atoms with Gasteiger partial charge in [0.1, 0.15) is 17.6 Å². The van der Waals surface area contributed by atoms with Gasteiger partial charge in [0.15, 0.2) is 5.78 Å². The van der Waals surface area contributed by atoms with Crippen molar-refractivity contribution in [2.24, 2.45) is 0 Å². The minimum absolute atomic E-state index is 0.0749. The molecule has 0 radical (unpaired) electrons. The largest absolute Gasteiger partial charge is 0.484 e. The van der Waals surface area contributed by atoms with Crippen LogP contribution in [-0.2, 0) is 4.79 Å². The highest BCUT2D eigenvalue weighted by Gasteiger charge is 2.27. The Kier molecular flexibility index (Phi) is 3.44. The molecular weight excluding hydrogens is 268 g/mol. The third kappa shape index (κ3) is 2.79. The number of Topliss-reactive ketones (excluding diaryl/α,β-unsaturated/α-hetero) is 1. The quantitative estimate of drug-likeness (QED) is 0.626. The van der Waals surface area contributed by atoms with Gasteiger partial charge in [0, 0.05) is 6.92 Å². The van der Waals surface area contributed by atoms with Crippen molar-refractivity contribution in [2.45, 2.75) is 19.4 Å². The first-order valence-corrected chi connectivity index (χ1v) is 6.71. The van der Waals surface area contributed by atoms with E-state index in [1.165, 1.54) is 6.92 Å². The van der Waals surface area contributed by atoms with Crippen molar-refractivity contribution in [2.75, 3.05) is 0 Å². The second-order valence-corrected chi connectivity index (χ2v) is 4.89. The average Bonchev–Trinajstić information content (AvgIpc) is 2.47. The zero-order valence-electron chi connectivity index (χ0n) is 11.5. The highest BCUT2D eigenvalue weighted by Crippen LogP contribution is 2.34. The molecule has 1 aliphatic rings. The minimum atomic E-state index is -0.360. The molecule has 4 heteroatoms. The molecule has 106 valence electrons. The molecule has 1 heterocycles. The third-order valence-electron chi connectivity index (χ3n) is 3.34. The Hall–Kier alpha value is -2.62. The van der Waals surface area contributed by atoms with E-state index >= 15 is 0 Å². The van der Waals surface area contributed by atoms with Crippen molar-refractivity contribution in [1.29, 1.82) is 0 Å². The first-order valence-electron chi connectivity index (χ1n) is 6.71. The van der Waals surface area contributed by atoms with E-state index in [1.807, 2.05) is 24.3 Å². The van der Waals surface area contributed by atoms with Gasteiger partial charge in [-0.3, -0.25) is 9.59 Å². The number of carbonyl (C=O) groups excluding carboxylic acids is 2. The summed E-state index contributed by atoms with van der Waals surface area (Å²) in [5, 5.41) is 0. The third-order valence-corrected chi connectivity index (χ3v) is 3.34. The van der Waals surface area contributed by atoms with E-state index in [1.54, 1.807) is 24.3 Å². The molecule has 0 amide bonds. The lowest BCUT2D eigenvalue weighted by molar-refractivity contribution is -0.131. The van der Waals surface area contributed by atoms with Crippen LogP contribution in [0, 0.1) is 0 Å². The fourth-order valence-electron chi connectivity index (χ4n) is 2.38. The van der Waals surface area contributed by atoms with Crippen LogP contribution in [0.15, 0.2) is 48.5 Å². The Morgan fingerprint density at radius 1 is 1.14 bits per heavy atom. The Labute approximate surface area is 122 Å². The van der Waals surface area contributed by atoms with Crippen LogP contribution in [0.1, 0.15) is 35.4 Å². The SMILES string of the molecule is CC(=O)Oc1ccc(C2CC(=O)c3ccccc3O2)cc1. The first-order chi connectivity index (χ1) is 10.1. The van der Waals surface area contributed by atoms with Gasteiger partial charge < -0.3 is 9.47 Å². The van der Waals surface area contributed by atoms with E-state index < -0.39 is 0 Å². The van der Waals surface area contributed by atoms with E-state index in [-0.39, 0.29) is 17.9 Å². The van der Waals surface area contributed by atoms with Gasteiger partial charge in [-0.2, -0.15) is 0 Å². The molecule has 4 nitrogen and oxygen atoms in total. The van der Waals surface area contributed by atoms with Crippen LogP contribution < -0.4 is 9.47 Å². The van der Waals surface area contributed by atoms with Crippen LogP contribution in [-0.4, -0.2) is 11.8 Å². The number of hydrogen-bond donors (Lipinski definition) is 0. The van der Waals surface area contributed by atoms with Crippen molar-refractivity contribution >= 4 is 11.8 Å². The molecule has 0 fully saturated rings. The lowest BCUT2D eigenvalue weighted by Gasteiger charge is -2.25. The summed E-state index contributed by atoms with van der Waals surface area (Å²) in [6.45, 7) is 1.35. The molecule has 0 saturated carbocycles.